The van der Waals surface area contributed by atoms with Crippen LogP contribution in [0, 0.1) is 5.82 Å². The highest BCUT2D eigenvalue weighted by atomic mass is 79.9. The van der Waals surface area contributed by atoms with Crippen LogP contribution in [0.3, 0.4) is 0 Å². The summed E-state index contributed by atoms with van der Waals surface area (Å²) in [6, 6.07) is 15.0. The average molecular weight is 516 g/mol. The quantitative estimate of drug-likeness (QED) is 0.362. The monoisotopic (exact) mass is 515 g/mol. The largest absolute Gasteiger partial charge is 0.497 e. The van der Waals surface area contributed by atoms with Crippen LogP contribution in [0.4, 0.5) is 10.1 Å². The summed E-state index contributed by atoms with van der Waals surface area (Å²) in [6.07, 6.45) is 3.02. The fourth-order valence-electron chi connectivity index (χ4n) is 3.00. The Labute approximate surface area is 200 Å². The summed E-state index contributed by atoms with van der Waals surface area (Å²) in [5.41, 5.74) is 1.62. The summed E-state index contributed by atoms with van der Waals surface area (Å²) in [6.45, 7) is 0.0433. The van der Waals surface area contributed by atoms with Crippen LogP contribution in [0.5, 0.6) is 23.0 Å². The van der Waals surface area contributed by atoms with Crippen LogP contribution in [-0.4, -0.2) is 27.2 Å². The molecule has 3 aromatic rings. The van der Waals surface area contributed by atoms with Gasteiger partial charge < -0.3 is 24.3 Å². The molecule has 0 heterocycles. The Kier molecular flexibility index (Phi) is 8.32. The fraction of sp³-hybridized carbons (Fsp3) is 0.160. The lowest BCUT2D eigenvalue weighted by atomic mass is 10.1. The summed E-state index contributed by atoms with van der Waals surface area (Å²) in [7, 11) is 4.57. The Morgan fingerprint density at radius 1 is 1.00 bits per heavy atom. The van der Waals surface area contributed by atoms with E-state index >= 15 is 0 Å². The lowest BCUT2D eigenvalue weighted by Gasteiger charge is -2.14. The van der Waals surface area contributed by atoms with Gasteiger partial charge in [0.05, 0.1) is 31.5 Å². The number of carbonyl (C=O) groups excluding carboxylic acids is 1. The molecule has 0 atom stereocenters. The standard InChI is InChI=1S/C25H23BrFNO5/c1-30-18-9-10-22(31-2)21(14-18)28-24(29)11-8-16-12-19(26)25(23(13-16)32-3)33-15-17-6-4-5-7-20(17)27/h4-14H,15H2,1-3H3,(H,28,29)/b11-8+. The summed E-state index contributed by atoms with van der Waals surface area (Å²) in [5.74, 6) is 1.29. The van der Waals surface area contributed by atoms with Gasteiger partial charge in [-0.05, 0) is 57.9 Å². The van der Waals surface area contributed by atoms with Crippen molar-refractivity contribution in [2.75, 3.05) is 26.6 Å². The normalized spacial score (nSPS) is 10.7. The maximum Gasteiger partial charge on any atom is 0.248 e. The molecule has 0 bridgehead atoms. The van der Waals surface area contributed by atoms with Gasteiger partial charge in [0, 0.05) is 17.7 Å². The van der Waals surface area contributed by atoms with Crippen molar-refractivity contribution in [3.8, 4) is 23.0 Å². The molecule has 0 saturated heterocycles. The second-order valence-corrected chi connectivity index (χ2v) is 7.66. The smallest absolute Gasteiger partial charge is 0.248 e. The van der Waals surface area contributed by atoms with E-state index in [9.17, 15) is 9.18 Å². The summed E-state index contributed by atoms with van der Waals surface area (Å²) < 4.78 is 36.2. The lowest BCUT2D eigenvalue weighted by molar-refractivity contribution is -0.111. The molecule has 0 saturated carbocycles. The van der Waals surface area contributed by atoms with Crippen molar-refractivity contribution in [3.05, 3.63) is 82.1 Å². The van der Waals surface area contributed by atoms with Crippen LogP contribution in [0.2, 0.25) is 0 Å². The van der Waals surface area contributed by atoms with E-state index in [1.807, 2.05) is 0 Å². The van der Waals surface area contributed by atoms with Gasteiger partial charge in [-0.15, -0.1) is 0 Å². The van der Waals surface area contributed by atoms with E-state index in [0.717, 1.165) is 0 Å². The van der Waals surface area contributed by atoms with Crippen molar-refractivity contribution in [2.24, 2.45) is 0 Å². The number of benzene rings is 3. The minimum absolute atomic E-state index is 0.0433. The molecule has 1 N–H and O–H groups in total. The molecule has 0 fully saturated rings. The zero-order chi connectivity index (χ0) is 23.8. The summed E-state index contributed by atoms with van der Waals surface area (Å²) >= 11 is 3.46. The third kappa shape index (κ3) is 6.26. The van der Waals surface area contributed by atoms with Crippen molar-refractivity contribution < 1.29 is 28.1 Å². The second kappa shape index (κ2) is 11.4. The number of hydrogen-bond acceptors (Lipinski definition) is 5. The molecular formula is C25H23BrFNO5. The molecular weight excluding hydrogens is 493 g/mol. The molecule has 0 radical (unpaired) electrons. The number of rotatable bonds is 9. The van der Waals surface area contributed by atoms with Gasteiger partial charge in [-0.2, -0.15) is 0 Å². The zero-order valence-corrected chi connectivity index (χ0v) is 19.9. The van der Waals surface area contributed by atoms with Gasteiger partial charge in [-0.1, -0.05) is 18.2 Å². The Hall–Kier alpha value is -3.52. The molecule has 172 valence electrons. The Morgan fingerprint density at radius 2 is 1.76 bits per heavy atom. The van der Waals surface area contributed by atoms with E-state index in [1.54, 1.807) is 61.7 Å². The van der Waals surface area contributed by atoms with Crippen LogP contribution in [0.25, 0.3) is 6.08 Å². The van der Waals surface area contributed by atoms with Crippen molar-refractivity contribution in [1.29, 1.82) is 0 Å². The van der Waals surface area contributed by atoms with Gasteiger partial charge in [0.2, 0.25) is 5.91 Å². The van der Waals surface area contributed by atoms with E-state index in [0.29, 0.717) is 44.3 Å². The topological polar surface area (TPSA) is 66.0 Å². The molecule has 0 spiro atoms. The van der Waals surface area contributed by atoms with Gasteiger partial charge in [0.25, 0.3) is 0 Å². The number of methoxy groups -OCH3 is 3. The number of hydrogen-bond donors (Lipinski definition) is 1. The first-order chi connectivity index (χ1) is 15.9. The maximum absolute atomic E-state index is 13.9. The van der Waals surface area contributed by atoms with Gasteiger partial charge >= 0.3 is 0 Å². The first-order valence-corrected chi connectivity index (χ1v) is 10.7. The molecule has 0 aliphatic heterocycles. The number of halogens is 2. The van der Waals surface area contributed by atoms with Gasteiger partial charge in [0.1, 0.15) is 23.9 Å². The second-order valence-electron chi connectivity index (χ2n) is 6.80. The highest BCUT2D eigenvalue weighted by Crippen LogP contribution is 2.37. The first-order valence-electron chi connectivity index (χ1n) is 9.90. The van der Waals surface area contributed by atoms with Crippen molar-refractivity contribution in [2.45, 2.75) is 6.61 Å². The molecule has 6 nitrogen and oxygen atoms in total. The van der Waals surface area contributed by atoms with Gasteiger partial charge in [-0.25, -0.2) is 4.39 Å². The predicted molar refractivity (Wildman–Crippen MR) is 129 cm³/mol. The van der Waals surface area contributed by atoms with Crippen LogP contribution in [-0.2, 0) is 11.4 Å². The molecule has 8 heteroatoms. The number of amides is 1. The number of anilines is 1. The number of carbonyl (C=O) groups is 1. The van der Waals surface area contributed by atoms with Crippen molar-refractivity contribution >= 4 is 33.6 Å². The fourth-order valence-corrected chi connectivity index (χ4v) is 3.57. The maximum atomic E-state index is 13.9. The zero-order valence-electron chi connectivity index (χ0n) is 18.4. The average Bonchev–Trinajstić information content (AvgIpc) is 2.82. The highest BCUT2D eigenvalue weighted by molar-refractivity contribution is 9.10. The first kappa shape index (κ1) is 24.1. The van der Waals surface area contributed by atoms with Crippen LogP contribution in [0.15, 0.2) is 65.1 Å². The molecule has 1 amide bonds. The van der Waals surface area contributed by atoms with Gasteiger partial charge in [0.15, 0.2) is 11.5 Å². The third-order valence-electron chi connectivity index (χ3n) is 4.67. The molecule has 0 aliphatic rings. The Bertz CT molecular complexity index is 1170. The molecule has 0 aromatic heterocycles. The highest BCUT2D eigenvalue weighted by Gasteiger charge is 2.13. The molecule has 0 unspecified atom stereocenters. The van der Waals surface area contributed by atoms with Gasteiger partial charge in [-0.3, -0.25) is 4.79 Å². The van der Waals surface area contributed by atoms with E-state index < -0.39 is 0 Å². The minimum Gasteiger partial charge on any atom is -0.497 e. The Balaban J connectivity index is 1.74. The predicted octanol–water partition coefficient (Wildman–Crippen LogP) is 5.84. The van der Waals surface area contributed by atoms with Crippen LogP contribution >= 0.6 is 15.9 Å². The number of nitrogens with one attached hydrogen (secondary N) is 1. The SMILES string of the molecule is COc1ccc(OC)c(NC(=O)/C=C/c2cc(Br)c(OCc3ccccc3F)c(OC)c2)c1. The van der Waals surface area contributed by atoms with E-state index in [-0.39, 0.29) is 18.3 Å². The molecule has 3 aromatic carbocycles. The molecule has 33 heavy (non-hydrogen) atoms. The van der Waals surface area contributed by atoms with E-state index in [1.165, 1.54) is 26.4 Å². The van der Waals surface area contributed by atoms with Crippen LogP contribution < -0.4 is 24.3 Å². The van der Waals surface area contributed by atoms with Crippen LogP contribution in [0.1, 0.15) is 11.1 Å². The van der Waals surface area contributed by atoms with Crippen molar-refractivity contribution in [1.82, 2.24) is 0 Å². The van der Waals surface area contributed by atoms with E-state index in [4.69, 9.17) is 18.9 Å². The lowest BCUT2D eigenvalue weighted by Crippen LogP contribution is -2.09. The molecule has 3 rings (SSSR count). The molecule has 0 aliphatic carbocycles. The summed E-state index contributed by atoms with van der Waals surface area (Å²) in [4.78, 5) is 12.5. The minimum atomic E-state index is -0.350. The number of ether oxygens (including phenoxy) is 4. The summed E-state index contributed by atoms with van der Waals surface area (Å²) in [5, 5.41) is 2.77. The van der Waals surface area contributed by atoms with Crippen molar-refractivity contribution in [3.63, 3.8) is 0 Å². The third-order valence-corrected chi connectivity index (χ3v) is 5.26. The van der Waals surface area contributed by atoms with E-state index in [2.05, 4.69) is 21.2 Å². The Morgan fingerprint density at radius 3 is 2.45 bits per heavy atom.